The zero-order valence-corrected chi connectivity index (χ0v) is 12.9. The second kappa shape index (κ2) is 7.53. The van der Waals surface area contributed by atoms with Gasteiger partial charge in [0.15, 0.2) is 0 Å². The third-order valence-corrected chi connectivity index (χ3v) is 4.37. The molecule has 0 aromatic heterocycles. The molecule has 0 saturated heterocycles. The molecular formula is C17H27NO2. The lowest BCUT2D eigenvalue weighted by Crippen LogP contribution is -2.25. The topological polar surface area (TPSA) is 30.5 Å². The predicted octanol–water partition coefficient (Wildman–Crippen LogP) is 3.62. The van der Waals surface area contributed by atoms with E-state index >= 15 is 0 Å². The van der Waals surface area contributed by atoms with Gasteiger partial charge in [0.05, 0.1) is 14.2 Å². The summed E-state index contributed by atoms with van der Waals surface area (Å²) >= 11 is 0. The molecule has 0 bridgehead atoms. The van der Waals surface area contributed by atoms with Crippen LogP contribution in [0.5, 0.6) is 11.5 Å². The van der Waals surface area contributed by atoms with E-state index < -0.39 is 0 Å². The quantitative estimate of drug-likeness (QED) is 0.861. The average Bonchev–Trinajstić information content (AvgIpc) is 2.49. The largest absolute Gasteiger partial charge is 0.497 e. The summed E-state index contributed by atoms with van der Waals surface area (Å²) in [4.78, 5) is 0. The fourth-order valence-corrected chi connectivity index (χ4v) is 2.96. The summed E-state index contributed by atoms with van der Waals surface area (Å²) in [6.07, 6.45) is 5.50. The van der Waals surface area contributed by atoms with Crippen molar-refractivity contribution in [2.45, 2.75) is 39.2 Å². The Morgan fingerprint density at radius 3 is 2.50 bits per heavy atom. The molecular weight excluding hydrogens is 250 g/mol. The van der Waals surface area contributed by atoms with Crippen LogP contribution in [0.4, 0.5) is 0 Å². The Hall–Kier alpha value is -1.22. The normalized spacial score (nSPS) is 22.6. The second-order valence-electron chi connectivity index (χ2n) is 5.93. The van der Waals surface area contributed by atoms with Crippen LogP contribution in [0.25, 0.3) is 0 Å². The predicted molar refractivity (Wildman–Crippen MR) is 82.4 cm³/mol. The van der Waals surface area contributed by atoms with Crippen LogP contribution in [0.3, 0.4) is 0 Å². The molecule has 0 heterocycles. The molecule has 1 aliphatic rings. The average molecular weight is 277 g/mol. The Morgan fingerprint density at radius 1 is 1.10 bits per heavy atom. The first-order valence-electron chi connectivity index (χ1n) is 7.64. The van der Waals surface area contributed by atoms with Crippen LogP contribution in [0, 0.1) is 11.8 Å². The van der Waals surface area contributed by atoms with E-state index in [0.29, 0.717) is 0 Å². The van der Waals surface area contributed by atoms with E-state index in [4.69, 9.17) is 9.47 Å². The molecule has 20 heavy (non-hydrogen) atoms. The van der Waals surface area contributed by atoms with E-state index in [1.165, 1.54) is 25.7 Å². The van der Waals surface area contributed by atoms with E-state index in [0.717, 1.165) is 42.0 Å². The van der Waals surface area contributed by atoms with Crippen molar-refractivity contribution >= 4 is 0 Å². The van der Waals surface area contributed by atoms with E-state index in [9.17, 15) is 0 Å². The Balaban J connectivity index is 1.84. The Kier molecular flexibility index (Phi) is 5.72. The van der Waals surface area contributed by atoms with Crippen molar-refractivity contribution in [1.82, 2.24) is 5.32 Å². The van der Waals surface area contributed by atoms with E-state index in [1.807, 2.05) is 12.1 Å². The molecule has 3 nitrogen and oxygen atoms in total. The van der Waals surface area contributed by atoms with Gasteiger partial charge in [-0.2, -0.15) is 0 Å². The smallest absolute Gasteiger partial charge is 0.123 e. The Morgan fingerprint density at radius 2 is 1.85 bits per heavy atom. The number of hydrogen-bond acceptors (Lipinski definition) is 3. The summed E-state index contributed by atoms with van der Waals surface area (Å²) < 4.78 is 10.7. The molecule has 0 radical (unpaired) electrons. The lowest BCUT2D eigenvalue weighted by Gasteiger charge is -2.26. The first-order chi connectivity index (χ1) is 9.72. The SMILES string of the molecule is COc1ccc(OC)c(CNCC2CCC(C)CC2)c1. The molecule has 1 saturated carbocycles. The van der Waals surface area contributed by atoms with Gasteiger partial charge in [-0.3, -0.25) is 0 Å². The van der Waals surface area contributed by atoms with E-state index in [1.54, 1.807) is 14.2 Å². The number of hydrogen-bond donors (Lipinski definition) is 1. The Bertz CT molecular complexity index is 411. The lowest BCUT2D eigenvalue weighted by atomic mass is 9.83. The zero-order chi connectivity index (χ0) is 14.4. The minimum absolute atomic E-state index is 0.836. The monoisotopic (exact) mass is 277 g/mol. The molecule has 1 aromatic carbocycles. The molecule has 1 aromatic rings. The summed E-state index contributed by atoms with van der Waals surface area (Å²) in [5, 5.41) is 3.58. The molecule has 0 atom stereocenters. The van der Waals surface area contributed by atoms with Gasteiger partial charge < -0.3 is 14.8 Å². The molecule has 2 rings (SSSR count). The van der Waals surface area contributed by atoms with Crippen molar-refractivity contribution in [3.8, 4) is 11.5 Å². The van der Waals surface area contributed by atoms with Gasteiger partial charge in [-0.05, 0) is 49.4 Å². The summed E-state index contributed by atoms with van der Waals surface area (Å²) in [5.74, 6) is 3.57. The summed E-state index contributed by atoms with van der Waals surface area (Å²) in [6.45, 7) is 4.31. The van der Waals surface area contributed by atoms with Gasteiger partial charge in [0.2, 0.25) is 0 Å². The van der Waals surface area contributed by atoms with E-state index in [2.05, 4.69) is 18.3 Å². The highest BCUT2D eigenvalue weighted by molar-refractivity contribution is 5.40. The molecule has 3 heteroatoms. The highest BCUT2D eigenvalue weighted by Crippen LogP contribution is 2.28. The van der Waals surface area contributed by atoms with Crippen LogP contribution in [-0.4, -0.2) is 20.8 Å². The third-order valence-electron chi connectivity index (χ3n) is 4.37. The molecule has 112 valence electrons. The van der Waals surface area contributed by atoms with Gasteiger partial charge in [0.25, 0.3) is 0 Å². The minimum Gasteiger partial charge on any atom is -0.497 e. The summed E-state index contributed by atoms with van der Waals surface area (Å²) in [5.41, 5.74) is 1.16. The van der Waals surface area contributed by atoms with Crippen molar-refractivity contribution in [3.05, 3.63) is 23.8 Å². The molecule has 1 fully saturated rings. The highest BCUT2D eigenvalue weighted by atomic mass is 16.5. The zero-order valence-electron chi connectivity index (χ0n) is 12.9. The van der Waals surface area contributed by atoms with Crippen LogP contribution in [0.15, 0.2) is 18.2 Å². The number of methoxy groups -OCH3 is 2. The molecule has 0 aliphatic heterocycles. The summed E-state index contributed by atoms with van der Waals surface area (Å²) in [6, 6.07) is 5.96. The number of benzene rings is 1. The standard InChI is InChI=1S/C17H27NO2/c1-13-4-6-14(7-5-13)11-18-12-15-10-16(19-2)8-9-17(15)20-3/h8-10,13-14,18H,4-7,11-12H2,1-3H3. The maximum atomic E-state index is 5.41. The number of rotatable bonds is 6. The maximum absolute atomic E-state index is 5.41. The van der Waals surface area contributed by atoms with Crippen molar-refractivity contribution in [2.24, 2.45) is 11.8 Å². The molecule has 0 unspecified atom stereocenters. The van der Waals surface area contributed by atoms with Crippen molar-refractivity contribution in [2.75, 3.05) is 20.8 Å². The molecule has 1 aliphatic carbocycles. The lowest BCUT2D eigenvalue weighted by molar-refractivity contribution is 0.281. The molecule has 0 amide bonds. The number of nitrogens with one attached hydrogen (secondary N) is 1. The highest BCUT2D eigenvalue weighted by Gasteiger charge is 2.17. The van der Waals surface area contributed by atoms with Gasteiger partial charge in [-0.1, -0.05) is 19.8 Å². The van der Waals surface area contributed by atoms with Gasteiger partial charge in [0, 0.05) is 12.1 Å². The molecule has 0 spiro atoms. The van der Waals surface area contributed by atoms with Crippen molar-refractivity contribution in [3.63, 3.8) is 0 Å². The van der Waals surface area contributed by atoms with Crippen LogP contribution in [0.2, 0.25) is 0 Å². The molecule has 1 N–H and O–H groups in total. The van der Waals surface area contributed by atoms with Crippen LogP contribution >= 0.6 is 0 Å². The van der Waals surface area contributed by atoms with E-state index in [-0.39, 0.29) is 0 Å². The third kappa shape index (κ3) is 4.14. The van der Waals surface area contributed by atoms with Gasteiger partial charge >= 0.3 is 0 Å². The first-order valence-corrected chi connectivity index (χ1v) is 7.64. The number of ether oxygens (including phenoxy) is 2. The maximum Gasteiger partial charge on any atom is 0.123 e. The fraction of sp³-hybridized carbons (Fsp3) is 0.647. The van der Waals surface area contributed by atoms with Crippen LogP contribution in [-0.2, 0) is 6.54 Å². The van der Waals surface area contributed by atoms with Crippen molar-refractivity contribution in [1.29, 1.82) is 0 Å². The first kappa shape index (κ1) is 15.2. The fourth-order valence-electron chi connectivity index (χ4n) is 2.96. The summed E-state index contributed by atoms with van der Waals surface area (Å²) in [7, 11) is 3.41. The Labute approximate surface area is 122 Å². The van der Waals surface area contributed by atoms with Crippen molar-refractivity contribution < 1.29 is 9.47 Å². The van der Waals surface area contributed by atoms with Crippen LogP contribution < -0.4 is 14.8 Å². The second-order valence-corrected chi connectivity index (χ2v) is 5.93. The van der Waals surface area contributed by atoms with Gasteiger partial charge in [0.1, 0.15) is 11.5 Å². The minimum atomic E-state index is 0.836. The van der Waals surface area contributed by atoms with Crippen LogP contribution in [0.1, 0.15) is 38.2 Å². The van der Waals surface area contributed by atoms with Gasteiger partial charge in [-0.25, -0.2) is 0 Å². The van der Waals surface area contributed by atoms with Gasteiger partial charge in [-0.15, -0.1) is 0 Å².